The van der Waals surface area contributed by atoms with Crippen LogP contribution in [0.1, 0.15) is 11.6 Å². The van der Waals surface area contributed by atoms with E-state index in [-0.39, 0.29) is 0 Å². The molecule has 4 nitrogen and oxygen atoms in total. The van der Waals surface area contributed by atoms with Crippen molar-refractivity contribution in [3.63, 3.8) is 0 Å². The molecule has 2 aromatic heterocycles. The molecular formula is C12H10N4. The highest BCUT2D eigenvalue weighted by Gasteiger charge is 1.91. The van der Waals surface area contributed by atoms with Gasteiger partial charge in [0.25, 0.3) is 0 Å². The summed E-state index contributed by atoms with van der Waals surface area (Å²) in [5.41, 5.74) is 0. The van der Waals surface area contributed by atoms with Crippen molar-refractivity contribution in [3.8, 4) is 23.7 Å². The summed E-state index contributed by atoms with van der Waals surface area (Å²) in [6.45, 7) is 0. The number of hydrogen-bond donors (Lipinski definition) is 0. The molecule has 2 aromatic rings. The third-order valence-corrected chi connectivity index (χ3v) is 2.05. The van der Waals surface area contributed by atoms with Crippen LogP contribution in [0.15, 0.2) is 24.8 Å². The number of rotatable bonds is 0. The summed E-state index contributed by atoms with van der Waals surface area (Å²) < 4.78 is 3.69. The Hall–Kier alpha value is -2.46. The van der Waals surface area contributed by atoms with Crippen LogP contribution in [0.25, 0.3) is 0 Å². The smallest absolute Gasteiger partial charge is 0.186 e. The van der Waals surface area contributed by atoms with Crippen LogP contribution in [-0.4, -0.2) is 19.1 Å². The van der Waals surface area contributed by atoms with Crippen LogP contribution in [-0.2, 0) is 14.1 Å². The first-order chi connectivity index (χ1) is 7.77. The van der Waals surface area contributed by atoms with Crippen molar-refractivity contribution in [1.82, 2.24) is 19.1 Å². The van der Waals surface area contributed by atoms with E-state index in [2.05, 4.69) is 33.6 Å². The Bertz CT molecular complexity index is 554. The fourth-order valence-corrected chi connectivity index (χ4v) is 1.15. The zero-order valence-electron chi connectivity index (χ0n) is 9.10. The van der Waals surface area contributed by atoms with Gasteiger partial charge in [0.2, 0.25) is 0 Å². The van der Waals surface area contributed by atoms with Crippen LogP contribution in [0, 0.1) is 23.7 Å². The van der Waals surface area contributed by atoms with Gasteiger partial charge < -0.3 is 9.13 Å². The molecule has 0 aromatic carbocycles. The van der Waals surface area contributed by atoms with E-state index in [1.54, 1.807) is 12.4 Å². The van der Waals surface area contributed by atoms with E-state index < -0.39 is 0 Å². The molecule has 0 bridgehead atoms. The average molecular weight is 210 g/mol. The predicted molar refractivity (Wildman–Crippen MR) is 60.2 cm³/mol. The van der Waals surface area contributed by atoms with E-state index in [1.807, 2.05) is 35.6 Å². The van der Waals surface area contributed by atoms with Crippen molar-refractivity contribution in [2.75, 3.05) is 0 Å². The standard InChI is InChI=1S/C12H10N4/c1-15-9-7-13-11(15)5-3-4-6-12-14-8-10-16(12)2/h7-10H,1-2H3. The lowest BCUT2D eigenvalue weighted by Gasteiger charge is -1.88. The molecule has 0 radical (unpaired) electrons. The molecule has 0 aliphatic heterocycles. The van der Waals surface area contributed by atoms with Gasteiger partial charge in [-0.2, -0.15) is 0 Å². The minimum absolute atomic E-state index is 0.703. The summed E-state index contributed by atoms with van der Waals surface area (Å²) in [6.07, 6.45) is 7.10. The van der Waals surface area contributed by atoms with Crippen molar-refractivity contribution < 1.29 is 0 Å². The van der Waals surface area contributed by atoms with E-state index in [4.69, 9.17) is 0 Å². The Balaban J connectivity index is 2.15. The van der Waals surface area contributed by atoms with Crippen LogP contribution < -0.4 is 0 Å². The van der Waals surface area contributed by atoms with Gasteiger partial charge in [-0.3, -0.25) is 0 Å². The molecule has 0 saturated heterocycles. The number of imidazole rings is 2. The highest BCUT2D eigenvalue weighted by atomic mass is 15.0. The molecule has 0 N–H and O–H groups in total. The van der Waals surface area contributed by atoms with Crippen LogP contribution in [0.3, 0.4) is 0 Å². The molecule has 16 heavy (non-hydrogen) atoms. The Morgan fingerprint density at radius 1 is 0.875 bits per heavy atom. The lowest BCUT2D eigenvalue weighted by molar-refractivity contribution is 0.893. The number of aryl methyl sites for hydroxylation is 2. The maximum absolute atomic E-state index is 4.07. The van der Waals surface area contributed by atoms with Crippen LogP contribution in [0.2, 0.25) is 0 Å². The Morgan fingerprint density at radius 2 is 1.31 bits per heavy atom. The zero-order valence-corrected chi connectivity index (χ0v) is 9.10. The van der Waals surface area contributed by atoms with Crippen molar-refractivity contribution in [3.05, 3.63) is 36.4 Å². The van der Waals surface area contributed by atoms with E-state index in [9.17, 15) is 0 Å². The molecule has 0 aliphatic rings. The molecule has 4 heteroatoms. The Kier molecular flexibility index (Phi) is 2.75. The maximum atomic E-state index is 4.07. The van der Waals surface area contributed by atoms with E-state index in [1.165, 1.54) is 0 Å². The minimum Gasteiger partial charge on any atom is -0.327 e. The number of hydrogen-bond acceptors (Lipinski definition) is 2. The van der Waals surface area contributed by atoms with Crippen molar-refractivity contribution >= 4 is 0 Å². The Morgan fingerprint density at radius 3 is 1.62 bits per heavy atom. The lowest BCUT2D eigenvalue weighted by atomic mass is 10.5. The summed E-state index contributed by atoms with van der Waals surface area (Å²) in [5, 5.41) is 0. The van der Waals surface area contributed by atoms with Gasteiger partial charge in [0, 0.05) is 38.9 Å². The number of nitrogens with zero attached hydrogens (tertiary/aromatic N) is 4. The second kappa shape index (κ2) is 4.37. The van der Waals surface area contributed by atoms with Gasteiger partial charge >= 0.3 is 0 Å². The summed E-state index contributed by atoms with van der Waals surface area (Å²) >= 11 is 0. The third-order valence-electron chi connectivity index (χ3n) is 2.05. The topological polar surface area (TPSA) is 35.6 Å². The van der Waals surface area contributed by atoms with Crippen LogP contribution in [0.4, 0.5) is 0 Å². The molecule has 0 spiro atoms. The minimum atomic E-state index is 0.703. The quantitative estimate of drug-likeness (QED) is 0.595. The van der Waals surface area contributed by atoms with E-state index >= 15 is 0 Å². The Labute approximate surface area is 94.0 Å². The third kappa shape index (κ3) is 2.13. The van der Waals surface area contributed by atoms with Gasteiger partial charge in [-0.1, -0.05) is 0 Å². The summed E-state index contributed by atoms with van der Waals surface area (Å²) in [4.78, 5) is 8.14. The van der Waals surface area contributed by atoms with Gasteiger partial charge in [0.05, 0.1) is 0 Å². The van der Waals surface area contributed by atoms with Gasteiger partial charge in [-0.05, 0) is 23.7 Å². The molecule has 78 valence electrons. The van der Waals surface area contributed by atoms with Crippen molar-refractivity contribution in [2.24, 2.45) is 14.1 Å². The summed E-state index contributed by atoms with van der Waals surface area (Å²) in [7, 11) is 3.78. The van der Waals surface area contributed by atoms with E-state index in [0.717, 1.165) is 0 Å². The fourth-order valence-electron chi connectivity index (χ4n) is 1.15. The molecule has 0 amide bonds. The monoisotopic (exact) mass is 210 g/mol. The first-order valence-corrected chi connectivity index (χ1v) is 4.74. The molecular weight excluding hydrogens is 200 g/mol. The second-order valence-corrected chi connectivity index (χ2v) is 3.22. The molecule has 0 saturated carbocycles. The lowest BCUT2D eigenvalue weighted by Crippen LogP contribution is -1.90. The molecule has 2 heterocycles. The van der Waals surface area contributed by atoms with Crippen molar-refractivity contribution in [1.29, 1.82) is 0 Å². The van der Waals surface area contributed by atoms with Crippen LogP contribution in [0.5, 0.6) is 0 Å². The first kappa shape index (κ1) is 10.1. The van der Waals surface area contributed by atoms with Crippen molar-refractivity contribution in [2.45, 2.75) is 0 Å². The molecule has 0 unspecified atom stereocenters. The number of aromatic nitrogens is 4. The maximum Gasteiger partial charge on any atom is 0.186 e. The molecule has 2 rings (SSSR count). The van der Waals surface area contributed by atoms with Gasteiger partial charge in [0.1, 0.15) is 0 Å². The predicted octanol–water partition coefficient (Wildman–Crippen LogP) is 0.557. The summed E-state index contributed by atoms with van der Waals surface area (Å²) in [5.74, 6) is 12.6. The van der Waals surface area contributed by atoms with E-state index in [0.29, 0.717) is 11.6 Å². The van der Waals surface area contributed by atoms with Gasteiger partial charge in [0.15, 0.2) is 11.6 Å². The fraction of sp³-hybridized carbons (Fsp3) is 0.167. The van der Waals surface area contributed by atoms with Gasteiger partial charge in [-0.25, -0.2) is 9.97 Å². The largest absolute Gasteiger partial charge is 0.327 e. The summed E-state index contributed by atoms with van der Waals surface area (Å²) in [6, 6.07) is 0. The second-order valence-electron chi connectivity index (χ2n) is 3.22. The first-order valence-electron chi connectivity index (χ1n) is 4.74. The molecule has 0 fully saturated rings. The SMILES string of the molecule is Cn1ccnc1C#CC#Cc1nccn1C. The average Bonchev–Trinajstić information content (AvgIpc) is 2.84. The zero-order chi connectivity index (χ0) is 11.4. The molecule has 0 aliphatic carbocycles. The van der Waals surface area contributed by atoms with Crippen LogP contribution >= 0.6 is 0 Å². The van der Waals surface area contributed by atoms with Gasteiger partial charge in [-0.15, -0.1) is 0 Å². The normalized spacial score (nSPS) is 8.88. The highest BCUT2D eigenvalue weighted by molar-refractivity contribution is 5.37. The highest BCUT2D eigenvalue weighted by Crippen LogP contribution is 1.91. The molecule has 0 atom stereocenters.